The van der Waals surface area contributed by atoms with Crippen LogP contribution in [0.3, 0.4) is 0 Å². The molecule has 3 atom stereocenters. The second-order valence-electron chi connectivity index (χ2n) is 6.24. The smallest absolute Gasteiger partial charge is 0.423 e. The Morgan fingerprint density at radius 1 is 1.35 bits per heavy atom. The molecule has 0 N–H and O–H groups in total. The fraction of sp³-hybridized carbons (Fsp3) is 0.714. The van der Waals surface area contributed by atoms with Crippen molar-refractivity contribution < 1.29 is 18.8 Å². The van der Waals surface area contributed by atoms with E-state index in [0.29, 0.717) is 0 Å². The number of amides is 2. The van der Waals surface area contributed by atoms with Gasteiger partial charge in [0.05, 0.1) is 7.11 Å². The molecule has 112 valence electrons. The van der Waals surface area contributed by atoms with E-state index < -0.39 is 14.2 Å². The molecule has 6 heteroatoms. The van der Waals surface area contributed by atoms with E-state index in [1.165, 1.54) is 7.11 Å². The largest absolute Gasteiger partial charge is 0.524 e. The topological polar surface area (TPSA) is 43.4 Å². The second kappa shape index (κ2) is 6.29. The molecule has 0 aliphatic carbocycles. The molecule has 1 fully saturated rings. The maximum atomic E-state index is 12.4. The van der Waals surface area contributed by atoms with Crippen LogP contribution in [0.15, 0.2) is 0 Å². The molecule has 20 heavy (non-hydrogen) atoms. The summed E-state index contributed by atoms with van der Waals surface area (Å²) in [4.78, 5) is 24.7. The summed E-state index contributed by atoms with van der Waals surface area (Å²) in [7, 11) is -0.263. The van der Waals surface area contributed by atoms with Crippen LogP contribution < -0.4 is 0 Å². The van der Waals surface area contributed by atoms with Crippen LogP contribution in [-0.2, 0) is 9.53 Å². The number of imide groups is 1. The van der Waals surface area contributed by atoms with Crippen LogP contribution in [0, 0.1) is 11.5 Å². The van der Waals surface area contributed by atoms with Crippen LogP contribution in [-0.4, -0.2) is 49.6 Å². The summed E-state index contributed by atoms with van der Waals surface area (Å²) in [6.07, 6.45) is 0.939. The Morgan fingerprint density at radius 3 is 2.40 bits per heavy atom. The number of nitrogens with zero attached hydrogens (tertiary/aromatic N) is 1. The molecular weight excluding hydrogens is 294 g/mol. The normalized spacial score (nSPS) is 29.5. The van der Waals surface area contributed by atoms with E-state index in [0.717, 1.165) is 12.8 Å². The van der Waals surface area contributed by atoms with Crippen molar-refractivity contribution in [2.75, 3.05) is 13.0 Å². The first-order valence-corrected chi connectivity index (χ1v) is 10.8. The monoisotopic (exact) mass is 316 g/mol. The van der Waals surface area contributed by atoms with Crippen molar-refractivity contribution in [2.24, 2.45) is 0 Å². The minimum atomic E-state index is -1.57. The number of hydrogen-bond donors (Lipinski definition) is 0. The Bertz CT molecular complexity index is 445. The van der Waals surface area contributed by atoms with Crippen molar-refractivity contribution in [3.05, 3.63) is 0 Å². The molecule has 0 aromatic carbocycles. The van der Waals surface area contributed by atoms with Crippen molar-refractivity contribution in [1.29, 1.82) is 0 Å². The standard InChI is InChI=1S/C14H23ClNO3Si/c1-11-6-7-12(8-9-20(3,4)5)16(11,13(17)10-15)14(18)19-2/h11-12H,6-7,10H2,1-5H3/q+1/t11-,12-,16?/m1/s1. The molecule has 2 amide bonds. The number of ether oxygens (including phenoxy) is 1. The highest BCUT2D eigenvalue weighted by molar-refractivity contribution is 6.83. The summed E-state index contributed by atoms with van der Waals surface area (Å²) in [5.74, 6) is 2.65. The second-order valence-corrected chi connectivity index (χ2v) is 11.3. The highest BCUT2D eigenvalue weighted by Crippen LogP contribution is 2.35. The quantitative estimate of drug-likeness (QED) is 0.323. The molecule has 0 saturated carbocycles. The zero-order valence-corrected chi connectivity index (χ0v) is 14.6. The van der Waals surface area contributed by atoms with Gasteiger partial charge in [-0.05, 0) is 12.8 Å². The van der Waals surface area contributed by atoms with Crippen LogP contribution >= 0.6 is 11.6 Å². The number of likely N-dealkylation sites (tertiary alicyclic amines) is 1. The van der Waals surface area contributed by atoms with E-state index in [2.05, 4.69) is 31.1 Å². The first-order chi connectivity index (χ1) is 9.20. The zero-order valence-electron chi connectivity index (χ0n) is 12.8. The predicted octanol–water partition coefficient (Wildman–Crippen LogP) is 2.77. The number of quaternary nitrogens is 1. The molecule has 1 aliphatic heterocycles. The molecule has 0 aromatic rings. The van der Waals surface area contributed by atoms with Crippen molar-refractivity contribution >= 4 is 31.7 Å². The maximum Gasteiger partial charge on any atom is 0.524 e. The molecule has 1 unspecified atom stereocenters. The predicted molar refractivity (Wildman–Crippen MR) is 82.0 cm³/mol. The van der Waals surface area contributed by atoms with Gasteiger partial charge < -0.3 is 4.74 Å². The van der Waals surface area contributed by atoms with E-state index in [9.17, 15) is 9.59 Å². The molecule has 0 radical (unpaired) electrons. The Hall–Kier alpha value is -0.833. The summed E-state index contributed by atoms with van der Waals surface area (Å²) in [5.41, 5.74) is 3.27. The van der Waals surface area contributed by atoms with Crippen molar-refractivity contribution in [2.45, 2.75) is 51.5 Å². The van der Waals surface area contributed by atoms with E-state index in [4.69, 9.17) is 16.3 Å². The SMILES string of the molecule is COC(=O)[N+]1(C(=O)CCl)[C@H](C)CC[C@@H]1C#C[Si](C)(C)C. The van der Waals surface area contributed by atoms with Gasteiger partial charge in [-0.1, -0.05) is 19.6 Å². The molecule has 1 saturated heterocycles. The lowest BCUT2D eigenvalue weighted by molar-refractivity contribution is -0.808. The summed E-state index contributed by atoms with van der Waals surface area (Å²) in [5, 5.41) is 0. The van der Waals surface area contributed by atoms with E-state index in [1.807, 2.05) is 6.92 Å². The highest BCUT2D eigenvalue weighted by Gasteiger charge is 2.59. The summed E-state index contributed by atoms with van der Waals surface area (Å²) in [6, 6.07) is -0.481. The fourth-order valence-electron chi connectivity index (χ4n) is 2.67. The van der Waals surface area contributed by atoms with Crippen molar-refractivity contribution in [1.82, 2.24) is 0 Å². The highest BCUT2D eigenvalue weighted by atomic mass is 35.5. The number of alkyl halides is 1. The van der Waals surface area contributed by atoms with Crippen LogP contribution in [0.2, 0.25) is 19.6 Å². The average molecular weight is 317 g/mol. The number of carbonyl (C=O) groups is 2. The van der Waals surface area contributed by atoms with E-state index in [-0.39, 0.29) is 28.4 Å². The van der Waals surface area contributed by atoms with Crippen LogP contribution in [0.1, 0.15) is 19.8 Å². The molecule has 1 rings (SSSR count). The first-order valence-electron chi connectivity index (χ1n) is 6.79. The van der Waals surface area contributed by atoms with E-state index >= 15 is 0 Å². The number of methoxy groups -OCH3 is 1. The Balaban J connectivity index is 3.31. The van der Waals surface area contributed by atoms with Crippen LogP contribution in [0.25, 0.3) is 0 Å². The molecule has 1 aliphatic rings. The lowest BCUT2D eigenvalue weighted by Crippen LogP contribution is -2.63. The maximum absolute atomic E-state index is 12.4. The Morgan fingerprint density at radius 2 is 1.95 bits per heavy atom. The number of hydrogen-bond acceptors (Lipinski definition) is 3. The summed E-state index contributed by atoms with van der Waals surface area (Å²) >= 11 is 5.73. The van der Waals surface area contributed by atoms with Gasteiger partial charge >= 0.3 is 12.0 Å². The number of carbonyl (C=O) groups excluding carboxylic acids is 2. The Kier molecular flexibility index (Phi) is 5.42. The van der Waals surface area contributed by atoms with Gasteiger partial charge in [-0.25, -0.2) is 4.79 Å². The first kappa shape index (κ1) is 17.2. The van der Waals surface area contributed by atoms with Crippen LogP contribution in [0.4, 0.5) is 4.79 Å². The minimum absolute atomic E-state index is 0.144. The van der Waals surface area contributed by atoms with Crippen molar-refractivity contribution in [3.63, 3.8) is 0 Å². The van der Waals surface area contributed by atoms with Crippen molar-refractivity contribution in [3.8, 4) is 11.5 Å². The lowest BCUT2D eigenvalue weighted by Gasteiger charge is -2.33. The summed E-state index contributed by atoms with van der Waals surface area (Å²) in [6.45, 7) is 8.29. The van der Waals surface area contributed by atoms with Gasteiger partial charge in [0, 0.05) is 12.8 Å². The molecule has 4 nitrogen and oxygen atoms in total. The molecule has 1 heterocycles. The fourth-order valence-corrected chi connectivity index (χ4v) is 3.46. The third-order valence-corrected chi connectivity index (χ3v) is 4.79. The zero-order chi connectivity index (χ0) is 15.6. The molecule has 0 spiro atoms. The molecular formula is C14H23ClNO3Si+. The lowest BCUT2D eigenvalue weighted by atomic mass is 10.2. The third-order valence-electron chi connectivity index (χ3n) is 3.66. The number of halogens is 1. The minimum Gasteiger partial charge on any atom is -0.423 e. The molecule has 0 aromatic heterocycles. The number of rotatable bonds is 1. The third kappa shape index (κ3) is 3.08. The van der Waals surface area contributed by atoms with Gasteiger partial charge in [0.15, 0.2) is 6.04 Å². The van der Waals surface area contributed by atoms with Gasteiger partial charge in [-0.2, -0.15) is 4.79 Å². The Labute approximate surface area is 127 Å². The van der Waals surface area contributed by atoms with E-state index in [1.54, 1.807) is 0 Å². The van der Waals surface area contributed by atoms with Gasteiger partial charge in [0.2, 0.25) is 0 Å². The van der Waals surface area contributed by atoms with Gasteiger partial charge in [-0.15, -0.1) is 21.6 Å². The summed E-state index contributed by atoms with van der Waals surface area (Å²) < 4.78 is 4.51. The van der Waals surface area contributed by atoms with Gasteiger partial charge in [0.25, 0.3) is 0 Å². The van der Waals surface area contributed by atoms with Gasteiger partial charge in [-0.3, -0.25) is 0 Å². The van der Waals surface area contributed by atoms with Gasteiger partial charge in [0.1, 0.15) is 20.0 Å². The molecule has 0 bridgehead atoms. The average Bonchev–Trinajstić information content (AvgIpc) is 2.71. The van der Waals surface area contributed by atoms with Crippen LogP contribution in [0.5, 0.6) is 0 Å².